The van der Waals surface area contributed by atoms with E-state index in [1.165, 1.54) is 16.7 Å². The molecule has 29 heteroatoms. The first-order valence-electron chi connectivity index (χ1n) is 28.9. The van der Waals surface area contributed by atoms with Crippen molar-refractivity contribution in [2.75, 3.05) is 32.7 Å². The molecule has 0 unspecified atom stereocenters. The molecule has 0 radical (unpaired) electrons. The summed E-state index contributed by atoms with van der Waals surface area (Å²) in [6, 6.07) is -12.4. The normalized spacial score (nSPS) is 17.9. The first kappa shape index (κ1) is 72.1. The minimum atomic E-state index is -1.53. The summed E-state index contributed by atoms with van der Waals surface area (Å²) in [5, 5.41) is 39.9. The van der Waals surface area contributed by atoms with Gasteiger partial charge in [0.2, 0.25) is 65.0 Å². The van der Waals surface area contributed by atoms with E-state index < -0.39 is 163 Å². The van der Waals surface area contributed by atoms with E-state index in [4.69, 9.17) is 22.9 Å². The van der Waals surface area contributed by atoms with Crippen LogP contribution in [-0.4, -0.2) is 190 Å². The van der Waals surface area contributed by atoms with Gasteiger partial charge in [0, 0.05) is 19.5 Å². The van der Waals surface area contributed by atoms with E-state index in [1.54, 1.807) is 27.7 Å². The van der Waals surface area contributed by atoms with Gasteiger partial charge in [0.15, 0.2) is 0 Å². The monoisotopic (exact) mass is 1180 g/mol. The lowest BCUT2D eigenvalue weighted by Crippen LogP contribution is -2.60. The second-order valence-corrected chi connectivity index (χ2v) is 22.8. The minimum absolute atomic E-state index is 0.0366. The van der Waals surface area contributed by atoms with Gasteiger partial charge in [-0.25, -0.2) is 4.79 Å². The van der Waals surface area contributed by atoms with Crippen molar-refractivity contribution < 1.29 is 72.5 Å². The number of hydrogen-bond donors (Lipinski definition) is 14. The van der Waals surface area contributed by atoms with Gasteiger partial charge in [-0.3, -0.25) is 57.5 Å². The molecule has 29 nitrogen and oxygen atoms in total. The summed E-state index contributed by atoms with van der Waals surface area (Å²) in [6.07, 6.45) is 1.97. The zero-order valence-electron chi connectivity index (χ0n) is 49.3. The van der Waals surface area contributed by atoms with Crippen LogP contribution in [0, 0.1) is 17.8 Å². The van der Waals surface area contributed by atoms with Crippen molar-refractivity contribution in [3.05, 3.63) is 0 Å². The van der Waals surface area contributed by atoms with E-state index in [9.17, 15) is 72.5 Å². The molecular weight excluding hydrogens is 1080 g/mol. The molecule has 0 bridgehead atoms. The van der Waals surface area contributed by atoms with Crippen molar-refractivity contribution in [2.45, 2.75) is 212 Å². The highest BCUT2D eigenvalue weighted by molar-refractivity contribution is 5.99. The Balaban J connectivity index is 2.32. The standard InChI is InChI=1S/C54H94N14O15/c1-29(2)24-37(49(77)63-36(54(82)83)15-9-11-21-56)64-47(75)34(18-19-44(71)72)61-48(76)38(25-30(3)4)65-51(79)41-17-12-22-67(41)52(80)35(14-8-10-20-55)62-50(78)40-16-13-23-68(40)53(81)39(26-31(5)6)66-45(73)32(7)60-43(70)28-59-46(74)33(57)27-42(58)69/h29-41H,8-28,55-57H2,1-7H3,(H2,58,69)(H,59,74)(H,60,70)(H,61,76)(H,62,78)(H,63,77)(H,64,75)(H,65,79)(H,66,73)(H,71,72)(H,82,83)/t32-,33-,34-,35-,36-,37-,38-,39-,40+,41-/m0/s1. The number of carboxylic acids is 2. The fourth-order valence-corrected chi connectivity index (χ4v) is 9.76. The Morgan fingerprint density at radius 3 is 1.40 bits per heavy atom. The number of nitrogens with one attached hydrogen (secondary N) is 8. The quantitative estimate of drug-likeness (QED) is 0.0275. The lowest BCUT2D eigenvalue weighted by atomic mass is 10.00. The highest BCUT2D eigenvalue weighted by Gasteiger charge is 2.43. The van der Waals surface area contributed by atoms with Crippen LogP contribution >= 0.6 is 0 Å². The van der Waals surface area contributed by atoms with Gasteiger partial charge in [-0.05, 0) is 128 Å². The first-order chi connectivity index (χ1) is 39.0. The average molecular weight is 1180 g/mol. The number of nitrogens with zero attached hydrogens (tertiary/aromatic N) is 2. The number of amides is 11. The van der Waals surface area contributed by atoms with Crippen LogP contribution in [0.25, 0.3) is 0 Å². The molecule has 2 fully saturated rings. The van der Waals surface area contributed by atoms with Gasteiger partial charge in [-0.1, -0.05) is 41.5 Å². The van der Waals surface area contributed by atoms with E-state index in [0.29, 0.717) is 45.1 Å². The van der Waals surface area contributed by atoms with Gasteiger partial charge in [0.1, 0.15) is 54.4 Å². The highest BCUT2D eigenvalue weighted by atomic mass is 16.4. The highest BCUT2D eigenvalue weighted by Crippen LogP contribution is 2.24. The van der Waals surface area contributed by atoms with Gasteiger partial charge in [-0.15, -0.1) is 0 Å². The minimum Gasteiger partial charge on any atom is -0.481 e. The lowest BCUT2D eigenvalue weighted by Gasteiger charge is -2.33. The molecule has 2 rings (SSSR count). The van der Waals surface area contributed by atoms with Crippen LogP contribution in [0.4, 0.5) is 0 Å². The molecule has 18 N–H and O–H groups in total. The molecule has 2 aliphatic rings. The maximum atomic E-state index is 14.6. The third-order valence-corrected chi connectivity index (χ3v) is 14.0. The summed E-state index contributed by atoms with van der Waals surface area (Å²) in [6.45, 7) is 12.4. The molecule has 0 saturated carbocycles. The average Bonchev–Trinajstić information content (AvgIpc) is 4.16. The summed E-state index contributed by atoms with van der Waals surface area (Å²) in [5.74, 6) is -11.4. The summed E-state index contributed by atoms with van der Waals surface area (Å²) in [4.78, 5) is 175. The summed E-state index contributed by atoms with van der Waals surface area (Å²) in [5.41, 5.74) is 22.0. The van der Waals surface area contributed by atoms with Crippen LogP contribution in [0.3, 0.4) is 0 Å². The van der Waals surface area contributed by atoms with Crippen LogP contribution in [0.1, 0.15) is 151 Å². The van der Waals surface area contributed by atoms with E-state index in [2.05, 4.69) is 42.5 Å². The number of unbranched alkanes of at least 4 members (excludes halogenated alkanes) is 2. The largest absolute Gasteiger partial charge is 0.481 e. The molecule has 2 aliphatic heterocycles. The Morgan fingerprint density at radius 2 is 0.928 bits per heavy atom. The molecule has 0 aliphatic carbocycles. The first-order valence-corrected chi connectivity index (χ1v) is 28.9. The number of rotatable bonds is 38. The molecule has 83 heavy (non-hydrogen) atoms. The van der Waals surface area contributed by atoms with Crippen molar-refractivity contribution >= 4 is 76.9 Å². The Bertz CT molecular complexity index is 2250. The second kappa shape index (κ2) is 36.5. The van der Waals surface area contributed by atoms with Crippen molar-refractivity contribution in [1.29, 1.82) is 0 Å². The van der Waals surface area contributed by atoms with E-state index in [0.717, 1.165) is 0 Å². The summed E-state index contributed by atoms with van der Waals surface area (Å²) in [7, 11) is 0. The van der Waals surface area contributed by atoms with Gasteiger partial charge in [0.05, 0.1) is 19.0 Å². The van der Waals surface area contributed by atoms with Gasteiger partial charge in [-0.2, -0.15) is 0 Å². The molecule has 0 aromatic heterocycles. The van der Waals surface area contributed by atoms with E-state index in [1.807, 2.05) is 13.8 Å². The molecular formula is C54H94N14O15. The van der Waals surface area contributed by atoms with Crippen LogP contribution in [-0.2, 0) is 62.3 Å². The zero-order valence-corrected chi connectivity index (χ0v) is 49.3. The molecule has 470 valence electrons. The smallest absolute Gasteiger partial charge is 0.326 e. The topological polar surface area (TPSA) is 469 Å². The second-order valence-electron chi connectivity index (χ2n) is 22.8. The summed E-state index contributed by atoms with van der Waals surface area (Å²) < 4.78 is 0. The lowest BCUT2D eigenvalue weighted by molar-refractivity contribution is -0.145. The number of likely N-dealkylation sites (tertiary alicyclic amines) is 2. The van der Waals surface area contributed by atoms with Gasteiger partial charge < -0.3 is 85.5 Å². The van der Waals surface area contributed by atoms with Crippen LogP contribution < -0.4 is 65.5 Å². The molecule has 0 spiro atoms. The van der Waals surface area contributed by atoms with E-state index in [-0.39, 0.29) is 82.3 Å². The van der Waals surface area contributed by atoms with Gasteiger partial charge >= 0.3 is 11.9 Å². The number of nitrogens with two attached hydrogens (primary N) is 4. The van der Waals surface area contributed by atoms with Crippen molar-refractivity contribution in [3.8, 4) is 0 Å². The predicted octanol–water partition coefficient (Wildman–Crippen LogP) is -2.95. The van der Waals surface area contributed by atoms with Crippen LogP contribution in [0.2, 0.25) is 0 Å². The number of carbonyl (C=O) groups is 13. The number of hydrogen-bond acceptors (Lipinski definition) is 16. The molecule has 2 heterocycles. The zero-order chi connectivity index (χ0) is 62.7. The SMILES string of the molecule is CC(C)C[C@H](NC(=O)[C@H](CCC(=O)O)NC(=O)[C@H](CC(C)C)NC(=O)[C@@H]1CCCN1C(=O)[C@H](CCCCN)NC(=O)[C@H]1CCCN1C(=O)[C@H](CC(C)C)NC(=O)[C@H](C)NC(=O)CNC(=O)[C@@H](N)CC(N)=O)C(=O)N[C@@H](CCCCN)C(=O)O. The summed E-state index contributed by atoms with van der Waals surface area (Å²) >= 11 is 0. The third-order valence-electron chi connectivity index (χ3n) is 14.0. The van der Waals surface area contributed by atoms with E-state index >= 15 is 0 Å². The number of aliphatic carboxylic acids is 2. The number of primary amides is 1. The van der Waals surface area contributed by atoms with Gasteiger partial charge in [0.25, 0.3) is 0 Å². The van der Waals surface area contributed by atoms with Crippen molar-refractivity contribution in [2.24, 2.45) is 40.7 Å². The Kier molecular flexibility index (Phi) is 31.7. The molecule has 11 amide bonds. The molecule has 10 atom stereocenters. The maximum Gasteiger partial charge on any atom is 0.326 e. The maximum absolute atomic E-state index is 14.6. The van der Waals surface area contributed by atoms with Crippen molar-refractivity contribution in [1.82, 2.24) is 52.3 Å². The Morgan fingerprint density at radius 1 is 0.506 bits per heavy atom. The molecule has 0 aromatic rings. The fourth-order valence-electron chi connectivity index (χ4n) is 9.76. The van der Waals surface area contributed by atoms with Crippen LogP contribution in [0.15, 0.2) is 0 Å². The fraction of sp³-hybridized carbons (Fsp3) is 0.759. The Labute approximate surface area is 485 Å². The van der Waals surface area contributed by atoms with Crippen LogP contribution in [0.5, 0.6) is 0 Å². The number of carbonyl (C=O) groups excluding carboxylic acids is 11. The van der Waals surface area contributed by atoms with Crippen molar-refractivity contribution in [3.63, 3.8) is 0 Å². The Hall–Kier alpha value is -7.01. The number of carboxylic acid groups (broad SMARTS) is 2. The molecule has 2 saturated heterocycles. The predicted molar refractivity (Wildman–Crippen MR) is 302 cm³/mol. The molecule has 0 aromatic carbocycles. The third kappa shape index (κ3) is 25.6.